The molecule has 0 aliphatic heterocycles. The summed E-state index contributed by atoms with van der Waals surface area (Å²) in [5.74, 6) is 1.40. The normalized spacial score (nSPS) is 10.7. The van der Waals surface area contributed by atoms with E-state index in [0.29, 0.717) is 52.9 Å². The molecule has 35 heavy (non-hydrogen) atoms. The summed E-state index contributed by atoms with van der Waals surface area (Å²) in [6.07, 6.45) is 2.37. The maximum atomic E-state index is 13.4. The lowest BCUT2D eigenvalue weighted by Gasteiger charge is -2.13. The topological polar surface area (TPSA) is 78.4 Å². The zero-order valence-corrected chi connectivity index (χ0v) is 20.0. The van der Waals surface area contributed by atoms with E-state index in [9.17, 15) is 9.18 Å². The Hall–Kier alpha value is -4.07. The fourth-order valence-electron chi connectivity index (χ4n) is 3.15. The first kappa shape index (κ1) is 25.6. The molecular formula is C27H29FN2O5. The standard InChI is InChI=1S/C27H29FN2O5/c1-4-13-34-23-12-10-21(16-25(23)32-3)27(31)30-29-17-19-9-11-24(26(15-19)33-5-2)35-18-20-7-6-8-22(28)14-20/h6-12,14-17H,4-5,13,18H2,1-3H3,(H,30,31)/b29-17+. The van der Waals surface area contributed by atoms with Gasteiger partial charge in [-0.1, -0.05) is 19.1 Å². The molecule has 8 heteroatoms. The van der Waals surface area contributed by atoms with Gasteiger partial charge in [-0.3, -0.25) is 4.79 Å². The highest BCUT2D eigenvalue weighted by Gasteiger charge is 2.11. The third-order valence-electron chi connectivity index (χ3n) is 4.82. The van der Waals surface area contributed by atoms with Crippen LogP contribution < -0.4 is 24.4 Å². The average molecular weight is 481 g/mol. The minimum absolute atomic E-state index is 0.201. The number of hydrogen-bond donors (Lipinski definition) is 1. The van der Waals surface area contributed by atoms with E-state index >= 15 is 0 Å². The molecule has 0 atom stereocenters. The van der Waals surface area contributed by atoms with Crippen molar-refractivity contribution in [2.24, 2.45) is 5.10 Å². The van der Waals surface area contributed by atoms with Crippen LogP contribution in [0.3, 0.4) is 0 Å². The van der Waals surface area contributed by atoms with Crippen LogP contribution >= 0.6 is 0 Å². The molecule has 0 unspecified atom stereocenters. The van der Waals surface area contributed by atoms with E-state index in [2.05, 4.69) is 10.5 Å². The number of carbonyl (C=O) groups is 1. The van der Waals surface area contributed by atoms with Gasteiger partial charge < -0.3 is 18.9 Å². The molecule has 0 fully saturated rings. The lowest BCUT2D eigenvalue weighted by Crippen LogP contribution is -2.17. The van der Waals surface area contributed by atoms with Crippen LogP contribution in [0.5, 0.6) is 23.0 Å². The van der Waals surface area contributed by atoms with Crippen molar-refractivity contribution in [1.82, 2.24) is 5.43 Å². The predicted molar refractivity (Wildman–Crippen MR) is 132 cm³/mol. The van der Waals surface area contributed by atoms with E-state index in [0.717, 1.165) is 6.42 Å². The molecule has 0 aliphatic carbocycles. The number of hydrazone groups is 1. The van der Waals surface area contributed by atoms with E-state index < -0.39 is 0 Å². The van der Waals surface area contributed by atoms with Crippen molar-refractivity contribution in [3.8, 4) is 23.0 Å². The summed E-state index contributed by atoms with van der Waals surface area (Å²) in [6, 6.07) is 16.5. The zero-order chi connectivity index (χ0) is 25.0. The number of amides is 1. The molecule has 0 heterocycles. The molecule has 7 nitrogen and oxygen atoms in total. The van der Waals surface area contributed by atoms with Crippen LogP contribution in [-0.2, 0) is 6.61 Å². The molecule has 3 aromatic carbocycles. The van der Waals surface area contributed by atoms with Gasteiger partial charge in [-0.25, -0.2) is 9.82 Å². The molecule has 1 amide bonds. The van der Waals surface area contributed by atoms with Crippen LogP contribution in [-0.4, -0.2) is 32.4 Å². The summed E-state index contributed by atoms with van der Waals surface area (Å²) in [5.41, 5.74) is 4.31. The second kappa shape index (κ2) is 13.0. The maximum absolute atomic E-state index is 13.4. The number of hydrogen-bond acceptors (Lipinski definition) is 6. The van der Waals surface area contributed by atoms with Gasteiger partial charge in [0.15, 0.2) is 23.0 Å². The fourth-order valence-corrected chi connectivity index (χ4v) is 3.15. The molecule has 1 N–H and O–H groups in total. The number of methoxy groups -OCH3 is 1. The van der Waals surface area contributed by atoms with E-state index in [-0.39, 0.29) is 18.3 Å². The molecule has 0 aromatic heterocycles. The lowest BCUT2D eigenvalue weighted by molar-refractivity contribution is 0.0954. The monoisotopic (exact) mass is 480 g/mol. The quantitative estimate of drug-likeness (QED) is 0.279. The van der Waals surface area contributed by atoms with Crippen molar-refractivity contribution in [1.29, 1.82) is 0 Å². The summed E-state index contributed by atoms with van der Waals surface area (Å²) >= 11 is 0. The second-order valence-electron chi connectivity index (χ2n) is 7.47. The van der Waals surface area contributed by atoms with Gasteiger partial charge in [-0.05, 0) is 73.0 Å². The third kappa shape index (κ3) is 7.46. The average Bonchev–Trinajstić information content (AvgIpc) is 2.87. The Morgan fingerprint density at radius 1 is 0.943 bits per heavy atom. The Kier molecular flexibility index (Phi) is 9.48. The largest absolute Gasteiger partial charge is 0.493 e. The minimum atomic E-state index is -0.387. The summed E-state index contributed by atoms with van der Waals surface area (Å²) in [7, 11) is 1.52. The summed E-state index contributed by atoms with van der Waals surface area (Å²) in [6.45, 7) is 5.08. The van der Waals surface area contributed by atoms with Crippen molar-refractivity contribution in [2.45, 2.75) is 26.9 Å². The zero-order valence-electron chi connectivity index (χ0n) is 20.0. The summed E-state index contributed by atoms with van der Waals surface area (Å²) in [4.78, 5) is 12.5. The Bertz CT molecular complexity index is 1170. The molecule has 3 aromatic rings. The van der Waals surface area contributed by atoms with Crippen LogP contribution in [0.2, 0.25) is 0 Å². The summed E-state index contributed by atoms with van der Waals surface area (Å²) in [5, 5.41) is 4.04. The fraction of sp³-hybridized carbons (Fsp3) is 0.259. The van der Waals surface area contributed by atoms with E-state index in [1.54, 1.807) is 48.5 Å². The number of nitrogens with zero attached hydrogens (tertiary/aromatic N) is 1. The van der Waals surface area contributed by atoms with Crippen molar-refractivity contribution in [3.05, 3.63) is 83.2 Å². The van der Waals surface area contributed by atoms with E-state index in [1.165, 1.54) is 25.5 Å². The number of carbonyl (C=O) groups excluding carboxylic acids is 1. The number of halogens is 1. The van der Waals surface area contributed by atoms with Crippen LogP contribution in [0.25, 0.3) is 0 Å². The summed E-state index contributed by atoms with van der Waals surface area (Å²) < 4.78 is 35.8. The molecule has 3 rings (SSSR count). The first-order chi connectivity index (χ1) is 17.0. The van der Waals surface area contributed by atoms with Gasteiger partial charge in [0, 0.05) is 5.56 Å². The van der Waals surface area contributed by atoms with Gasteiger partial charge in [-0.2, -0.15) is 5.10 Å². The van der Waals surface area contributed by atoms with Gasteiger partial charge in [0.2, 0.25) is 0 Å². The van der Waals surface area contributed by atoms with Crippen molar-refractivity contribution < 1.29 is 28.1 Å². The van der Waals surface area contributed by atoms with Crippen LogP contribution in [0.15, 0.2) is 65.8 Å². The predicted octanol–water partition coefficient (Wildman–Crippen LogP) is 5.36. The molecule has 0 bridgehead atoms. The number of ether oxygens (including phenoxy) is 4. The molecule has 0 spiro atoms. The molecule has 0 saturated heterocycles. The van der Waals surface area contributed by atoms with Crippen LogP contribution in [0, 0.1) is 5.82 Å². The first-order valence-corrected chi connectivity index (χ1v) is 11.3. The van der Waals surface area contributed by atoms with Crippen LogP contribution in [0.4, 0.5) is 4.39 Å². The molecule has 0 radical (unpaired) electrons. The maximum Gasteiger partial charge on any atom is 0.271 e. The van der Waals surface area contributed by atoms with Gasteiger partial charge >= 0.3 is 0 Å². The van der Waals surface area contributed by atoms with Gasteiger partial charge in [0.1, 0.15) is 12.4 Å². The SMILES string of the molecule is CCCOc1ccc(C(=O)N/N=C/c2ccc(OCc3cccc(F)c3)c(OCC)c2)cc1OC. The van der Waals surface area contributed by atoms with Crippen molar-refractivity contribution >= 4 is 12.1 Å². The number of rotatable bonds is 12. The molecular weight excluding hydrogens is 451 g/mol. The third-order valence-corrected chi connectivity index (χ3v) is 4.82. The van der Waals surface area contributed by atoms with Gasteiger partial charge in [-0.15, -0.1) is 0 Å². The smallest absolute Gasteiger partial charge is 0.271 e. The Morgan fingerprint density at radius 2 is 1.74 bits per heavy atom. The Balaban J connectivity index is 1.64. The highest BCUT2D eigenvalue weighted by molar-refractivity contribution is 5.95. The highest BCUT2D eigenvalue weighted by atomic mass is 19.1. The minimum Gasteiger partial charge on any atom is -0.493 e. The highest BCUT2D eigenvalue weighted by Crippen LogP contribution is 2.29. The number of nitrogens with one attached hydrogen (secondary N) is 1. The number of benzene rings is 3. The molecule has 184 valence electrons. The Labute approximate surface area is 204 Å². The van der Waals surface area contributed by atoms with Gasteiger partial charge in [0.05, 0.1) is 26.5 Å². The second-order valence-corrected chi connectivity index (χ2v) is 7.47. The lowest BCUT2D eigenvalue weighted by atomic mass is 10.2. The van der Waals surface area contributed by atoms with Crippen molar-refractivity contribution in [3.63, 3.8) is 0 Å². The molecule has 0 aliphatic rings. The van der Waals surface area contributed by atoms with E-state index in [1.807, 2.05) is 13.8 Å². The Morgan fingerprint density at radius 3 is 2.49 bits per heavy atom. The van der Waals surface area contributed by atoms with Crippen LogP contribution in [0.1, 0.15) is 41.8 Å². The van der Waals surface area contributed by atoms with Crippen molar-refractivity contribution in [2.75, 3.05) is 20.3 Å². The first-order valence-electron chi connectivity index (χ1n) is 11.3. The molecule has 0 saturated carbocycles. The van der Waals surface area contributed by atoms with E-state index in [4.69, 9.17) is 18.9 Å². The van der Waals surface area contributed by atoms with Gasteiger partial charge in [0.25, 0.3) is 5.91 Å².